The molecule has 0 amide bonds. The number of hydrogen-bond acceptors (Lipinski definition) is 3. The molecular formula is C17H24N2O2. The molecule has 0 aliphatic heterocycles. The summed E-state index contributed by atoms with van der Waals surface area (Å²) in [6.45, 7) is 6.85. The van der Waals surface area contributed by atoms with E-state index in [-0.39, 0.29) is 5.97 Å². The fourth-order valence-corrected chi connectivity index (χ4v) is 2.73. The number of aromatic nitrogens is 1. The molecule has 0 aliphatic rings. The van der Waals surface area contributed by atoms with Crippen molar-refractivity contribution in [2.75, 3.05) is 13.6 Å². The van der Waals surface area contributed by atoms with Crippen molar-refractivity contribution in [3.8, 4) is 5.75 Å². The number of nitrogens with zero attached hydrogens (tertiary/aromatic N) is 2. The summed E-state index contributed by atoms with van der Waals surface area (Å²) in [5.41, 5.74) is 2.22. The first-order valence-corrected chi connectivity index (χ1v) is 7.54. The minimum absolute atomic E-state index is 0.284. The van der Waals surface area contributed by atoms with E-state index in [1.807, 2.05) is 28.9 Å². The van der Waals surface area contributed by atoms with Crippen LogP contribution in [0.3, 0.4) is 0 Å². The van der Waals surface area contributed by atoms with E-state index >= 15 is 0 Å². The molecule has 0 aromatic carbocycles. The standard InChI is InChI=1S/C17H24N2O2/c1-5-15(18(4)6-2)12-14-9-11-19-10-7-8-16(17(14)19)21-13(3)20/h7-11,15H,5-6,12H2,1-4H3. The van der Waals surface area contributed by atoms with Crippen LogP contribution < -0.4 is 4.74 Å². The molecule has 1 unspecified atom stereocenters. The molecule has 0 aliphatic carbocycles. The molecule has 0 radical (unpaired) electrons. The van der Waals surface area contributed by atoms with Crippen LogP contribution in [0.25, 0.3) is 5.52 Å². The summed E-state index contributed by atoms with van der Waals surface area (Å²) in [7, 11) is 2.15. The summed E-state index contributed by atoms with van der Waals surface area (Å²) < 4.78 is 7.38. The molecule has 0 fully saturated rings. The fourth-order valence-electron chi connectivity index (χ4n) is 2.73. The van der Waals surface area contributed by atoms with Crippen LogP contribution in [0.4, 0.5) is 0 Å². The van der Waals surface area contributed by atoms with E-state index in [0.29, 0.717) is 11.8 Å². The predicted octanol–water partition coefficient (Wildman–Crippen LogP) is 3.14. The van der Waals surface area contributed by atoms with Gasteiger partial charge in [-0.25, -0.2) is 0 Å². The van der Waals surface area contributed by atoms with E-state index in [1.165, 1.54) is 12.5 Å². The van der Waals surface area contributed by atoms with E-state index in [4.69, 9.17) is 4.74 Å². The van der Waals surface area contributed by atoms with Gasteiger partial charge >= 0.3 is 5.97 Å². The van der Waals surface area contributed by atoms with E-state index in [1.54, 1.807) is 0 Å². The molecule has 2 aromatic heterocycles. The van der Waals surface area contributed by atoms with Gasteiger partial charge < -0.3 is 14.0 Å². The van der Waals surface area contributed by atoms with Crippen molar-refractivity contribution in [2.45, 2.75) is 39.7 Å². The summed E-state index contributed by atoms with van der Waals surface area (Å²) in [5, 5.41) is 0. The van der Waals surface area contributed by atoms with Crippen LogP contribution >= 0.6 is 0 Å². The van der Waals surface area contributed by atoms with Gasteiger partial charge in [0.1, 0.15) is 0 Å². The van der Waals surface area contributed by atoms with Crippen LogP contribution in [0.2, 0.25) is 0 Å². The van der Waals surface area contributed by atoms with E-state index in [0.717, 1.165) is 24.9 Å². The van der Waals surface area contributed by atoms with Crippen molar-refractivity contribution in [3.05, 3.63) is 36.2 Å². The molecule has 0 spiro atoms. The first-order valence-electron chi connectivity index (χ1n) is 7.54. The molecule has 2 rings (SSSR count). The van der Waals surface area contributed by atoms with E-state index in [9.17, 15) is 4.79 Å². The Kier molecular flexibility index (Phi) is 5.02. The first kappa shape index (κ1) is 15.6. The molecular weight excluding hydrogens is 264 g/mol. The number of rotatable bonds is 6. The smallest absolute Gasteiger partial charge is 0.308 e. The molecule has 1 atom stereocenters. The average molecular weight is 288 g/mol. The van der Waals surface area contributed by atoms with Gasteiger partial charge in [0.15, 0.2) is 5.75 Å². The van der Waals surface area contributed by atoms with Crippen LogP contribution in [0, 0.1) is 0 Å². The Bertz CT molecular complexity index is 618. The number of esters is 1. The third-order valence-electron chi connectivity index (χ3n) is 4.03. The Hall–Kier alpha value is -1.81. The van der Waals surface area contributed by atoms with Gasteiger partial charge in [0.2, 0.25) is 0 Å². The molecule has 114 valence electrons. The second kappa shape index (κ2) is 6.76. The number of pyridine rings is 1. The molecule has 0 N–H and O–H groups in total. The highest BCUT2D eigenvalue weighted by Gasteiger charge is 2.16. The first-order chi connectivity index (χ1) is 10.1. The van der Waals surface area contributed by atoms with Gasteiger partial charge in [0, 0.05) is 25.4 Å². The van der Waals surface area contributed by atoms with E-state index < -0.39 is 0 Å². The molecule has 2 heterocycles. The topological polar surface area (TPSA) is 34.0 Å². The number of ether oxygens (including phenoxy) is 1. The van der Waals surface area contributed by atoms with Gasteiger partial charge in [0.05, 0.1) is 5.52 Å². The predicted molar refractivity (Wildman–Crippen MR) is 84.8 cm³/mol. The summed E-state index contributed by atoms with van der Waals surface area (Å²) in [5.74, 6) is 0.354. The minimum atomic E-state index is -0.284. The quantitative estimate of drug-likeness (QED) is 0.766. The second-order valence-electron chi connectivity index (χ2n) is 5.40. The third kappa shape index (κ3) is 3.45. The Morgan fingerprint density at radius 2 is 2.10 bits per heavy atom. The normalized spacial score (nSPS) is 12.8. The maximum atomic E-state index is 11.3. The molecule has 0 saturated carbocycles. The molecule has 21 heavy (non-hydrogen) atoms. The lowest BCUT2D eigenvalue weighted by molar-refractivity contribution is -0.131. The summed E-state index contributed by atoms with van der Waals surface area (Å²) >= 11 is 0. The summed E-state index contributed by atoms with van der Waals surface area (Å²) in [4.78, 5) is 13.6. The van der Waals surface area contributed by atoms with Gasteiger partial charge in [-0.05, 0) is 50.2 Å². The maximum absolute atomic E-state index is 11.3. The van der Waals surface area contributed by atoms with Gasteiger partial charge in [0.25, 0.3) is 0 Å². The lowest BCUT2D eigenvalue weighted by Gasteiger charge is -2.25. The van der Waals surface area contributed by atoms with Crippen molar-refractivity contribution in [3.63, 3.8) is 0 Å². The second-order valence-corrected chi connectivity index (χ2v) is 5.40. The van der Waals surface area contributed by atoms with Crippen molar-refractivity contribution in [2.24, 2.45) is 0 Å². The van der Waals surface area contributed by atoms with Gasteiger partial charge in [-0.3, -0.25) is 4.79 Å². The molecule has 4 heteroatoms. The Labute approximate surface area is 126 Å². The van der Waals surface area contributed by atoms with Gasteiger partial charge in [-0.2, -0.15) is 0 Å². The zero-order valence-electron chi connectivity index (χ0n) is 13.3. The Morgan fingerprint density at radius 1 is 1.33 bits per heavy atom. The Balaban J connectivity index is 2.37. The van der Waals surface area contributed by atoms with Crippen molar-refractivity contribution in [1.29, 1.82) is 0 Å². The number of fused-ring (bicyclic) bond motifs is 1. The monoisotopic (exact) mass is 288 g/mol. The van der Waals surface area contributed by atoms with Crippen molar-refractivity contribution in [1.82, 2.24) is 9.30 Å². The SMILES string of the molecule is CCC(Cc1ccn2cccc(OC(C)=O)c12)N(C)CC. The van der Waals surface area contributed by atoms with E-state index in [2.05, 4.69) is 31.9 Å². The lowest BCUT2D eigenvalue weighted by atomic mass is 10.0. The fraction of sp³-hybridized carbons (Fsp3) is 0.471. The summed E-state index contributed by atoms with van der Waals surface area (Å²) in [6, 6.07) is 6.36. The molecule has 2 aromatic rings. The Morgan fingerprint density at radius 3 is 2.71 bits per heavy atom. The highest BCUT2D eigenvalue weighted by Crippen LogP contribution is 2.26. The zero-order valence-corrected chi connectivity index (χ0v) is 13.3. The third-order valence-corrected chi connectivity index (χ3v) is 4.03. The number of likely N-dealkylation sites (N-methyl/N-ethyl adjacent to an activating group) is 1. The van der Waals surface area contributed by atoms with Crippen LogP contribution in [0.15, 0.2) is 30.6 Å². The maximum Gasteiger partial charge on any atom is 0.308 e. The number of carbonyl (C=O) groups is 1. The minimum Gasteiger partial charge on any atom is -0.424 e. The molecule has 0 bridgehead atoms. The van der Waals surface area contributed by atoms with Crippen LogP contribution in [-0.2, 0) is 11.2 Å². The van der Waals surface area contributed by atoms with Crippen LogP contribution in [-0.4, -0.2) is 34.9 Å². The largest absolute Gasteiger partial charge is 0.424 e. The zero-order chi connectivity index (χ0) is 15.4. The van der Waals surface area contributed by atoms with Gasteiger partial charge in [-0.1, -0.05) is 13.8 Å². The average Bonchev–Trinajstić information content (AvgIpc) is 2.87. The highest BCUT2D eigenvalue weighted by atomic mass is 16.5. The summed E-state index contributed by atoms with van der Waals surface area (Å²) in [6.07, 6.45) is 6.06. The number of hydrogen-bond donors (Lipinski definition) is 0. The highest BCUT2D eigenvalue weighted by molar-refractivity contribution is 5.75. The van der Waals surface area contributed by atoms with Crippen LogP contribution in [0.5, 0.6) is 5.75 Å². The van der Waals surface area contributed by atoms with Crippen molar-refractivity contribution < 1.29 is 9.53 Å². The van der Waals surface area contributed by atoms with Gasteiger partial charge in [-0.15, -0.1) is 0 Å². The van der Waals surface area contributed by atoms with Crippen molar-refractivity contribution >= 4 is 11.5 Å². The number of carbonyl (C=O) groups excluding carboxylic acids is 1. The van der Waals surface area contributed by atoms with Crippen LogP contribution in [0.1, 0.15) is 32.8 Å². The molecule has 4 nitrogen and oxygen atoms in total. The lowest BCUT2D eigenvalue weighted by Crippen LogP contribution is -2.32. The molecule has 0 saturated heterocycles.